The van der Waals surface area contributed by atoms with Gasteiger partial charge in [-0.25, -0.2) is 0 Å². The van der Waals surface area contributed by atoms with Gasteiger partial charge in [0.1, 0.15) is 17.3 Å². The molecule has 2 aromatic carbocycles. The lowest BCUT2D eigenvalue weighted by Gasteiger charge is -2.15. The number of non-ortho nitro benzene ring substituents is 1. The first-order chi connectivity index (χ1) is 15.4. The van der Waals surface area contributed by atoms with E-state index in [2.05, 4.69) is 0 Å². The Morgan fingerprint density at radius 2 is 2.03 bits per heavy atom. The number of furan rings is 1. The third-order valence-electron chi connectivity index (χ3n) is 4.67. The minimum absolute atomic E-state index is 0.0772. The van der Waals surface area contributed by atoms with E-state index < -0.39 is 4.92 Å². The molecule has 0 N–H and O–H groups in total. The quantitative estimate of drug-likeness (QED) is 0.139. The molecule has 7 nitrogen and oxygen atoms in total. The Bertz CT molecular complexity index is 1270. The average Bonchev–Trinajstić information content (AvgIpc) is 3.37. The predicted octanol–water partition coefficient (Wildman–Crippen LogP) is 5.99. The molecular weight excluding hydrogens is 468 g/mol. The van der Waals surface area contributed by atoms with Crippen molar-refractivity contribution in [2.45, 2.75) is 4.90 Å². The van der Waals surface area contributed by atoms with Gasteiger partial charge >= 0.3 is 0 Å². The first-order valence-corrected chi connectivity index (χ1v) is 11.7. The SMILES string of the molecule is COc1cc([N+](=O)[O-])ccc1-c1ccc(/C=C2/SC(=S)N(c3cccc(SC)c3)C2=O)o1. The van der Waals surface area contributed by atoms with Crippen molar-refractivity contribution in [3.8, 4) is 17.1 Å². The lowest BCUT2D eigenvalue weighted by molar-refractivity contribution is -0.384. The molecular formula is C22H16N2O5S3. The van der Waals surface area contributed by atoms with Crippen LogP contribution in [-0.2, 0) is 4.79 Å². The Labute approximate surface area is 197 Å². The van der Waals surface area contributed by atoms with Crippen molar-refractivity contribution in [3.05, 3.63) is 75.4 Å². The second kappa shape index (κ2) is 9.19. The molecule has 4 rings (SSSR count). The monoisotopic (exact) mass is 484 g/mol. The summed E-state index contributed by atoms with van der Waals surface area (Å²) in [6.45, 7) is 0. The van der Waals surface area contributed by atoms with Gasteiger partial charge in [-0.2, -0.15) is 0 Å². The fourth-order valence-electron chi connectivity index (χ4n) is 3.14. The molecule has 1 aliphatic rings. The van der Waals surface area contributed by atoms with Crippen LogP contribution in [0.5, 0.6) is 5.75 Å². The standard InChI is InChI=1S/C22H16N2O5S3/c1-28-19-11-14(24(26)27)6-8-17(19)18-9-7-15(29-18)12-20-21(25)23(22(30)32-20)13-4-3-5-16(10-13)31-2/h3-12H,1-2H3/b20-12+. The molecule has 0 bridgehead atoms. The van der Waals surface area contributed by atoms with Crippen LogP contribution in [0.4, 0.5) is 11.4 Å². The van der Waals surface area contributed by atoms with Crippen molar-refractivity contribution >= 4 is 63.4 Å². The summed E-state index contributed by atoms with van der Waals surface area (Å²) >= 11 is 8.23. The molecule has 1 fully saturated rings. The highest BCUT2D eigenvalue weighted by molar-refractivity contribution is 8.27. The normalized spacial score (nSPS) is 14.9. The van der Waals surface area contributed by atoms with E-state index in [1.165, 1.54) is 35.9 Å². The highest BCUT2D eigenvalue weighted by Crippen LogP contribution is 2.38. The number of ether oxygens (including phenoxy) is 1. The predicted molar refractivity (Wildman–Crippen MR) is 131 cm³/mol. The van der Waals surface area contributed by atoms with Crippen LogP contribution in [0.3, 0.4) is 0 Å². The molecule has 0 atom stereocenters. The number of nitrogens with zero attached hydrogens (tertiary/aromatic N) is 2. The van der Waals surface area contributed by atoms with Gasteiger partial charge in [0.2, 0.25) is 0 Å². The van der Waals surface area contributed by atoms with E-state index in [9.17, 15) is 14.9 Å². The Morgan fingerprint density at radius 1 is 1.22 bits per heavy atom. The third-order valence-corrected chi connectivity index (χ3v) is 6.69. The number of carbonyl (C=O) groups is 1. The van der Waals surface area contributed by atoms with E-state index >= 15 is 0 Å². The van der Waals surface area contributed by atoms with Crippen LogP contribution in [0.1, 0.15) is 5.76 Å². The van der Waals surface area contributed by atoms with Crippen LogP contribution in [0.15, 0.2) is 68.8 Å². The van der Waals surface area contributed by atoms with E-state index in [1.54, 1.807) is 36.0 Å². The number of amides is 1. The van der Waals surface area contributed by atoms with Crippen LogP contribution < -0.4 is 9.64 Å². The maximum atomic E-state index is 13.0. The van der Waals surface area contributed by atoms with Crippen molar-refractivity contribution in [2.24, 2.45) is 0 Å². The molecule has 0 saturated carbocycles. The lowest BCUT2D eigenvalue weighted by Crippen LogP contribution is -2.27. The number of methoxy groups -OCH3 is 1. The molecule has 3 aromatic rings. The summed E-state index contributed by atoms with van der Waals surface area (Å²) in [6.07, 6.45) is 3.61. The summed E-state index contributed by atoms with van der Waals surface area (Å²) in [4.78, 5) is 26.5. The van der Waals surface area contributed by atoms with Gasteiger partial charge in [0, 0.05) is 17.0 Å². The number of rotatable bonds is 6. The van der Waals surface area contributed by atoms with Crippen LogP contribution in [0.2, 0.25) is 0 Å². The summed E-state index contributed by atoms with van der Waals surface area (Å²) in [6, 6.07) is 15.4. The van der Waals surface area contributed by atoms with Crippen molar-refractivity contribution in [2.75, 3.05) is 18.3 Å². The number of carbonyl (C=O) groups excluding carboxylic acids is 1. The molecule has 0 aliphatic carbocycles. The fourth-order valence-corrected chi connectivity index (χ4v) is 4.87. The van der Waals surface area contributed by atoms with Crippen molar-refractivity contribution in [3.63, 3.8) is 0 Å². The molecule has 10 heteroatoms. The number of thiocarbonyl (C=S) groups is 1. The Kier molecular flexibility index (Phi) is 6.35. The fraction of sp³-hybridized carbons (Fsp3) is 0.0909. The Morgan fingerprint density at radius 3 is 2.75 bits per heavy atom. The number of thioether (sulfide) groups is 2. The molecule has 2 heterocycles. The van der Waals surface area contributed by atoms with Crippen LogP contribution in [-0.4, -0.2) is 28.5 Å². The zero-order valence-electron chi connectivity index (χ0n) is 16.9. The molecule has 32 heavy (non-hydrogen) atoms. The molecule has 1 aromatic heterocycles. The maximum absolute atomic E-state index is 13.0. The van der Waals surface area contributed by atoms with Gasteiger partial charge in [-0.1, -0.05) is 30.0 Å². The zero-order valence-corrected chi connectivity index (χ0v) is 19.4. The molecule has 162 valence electrons. The van der Waals surface area contributed by atoms with E-state index in [-0.39, 0.29) is 11.6 Å². The van der Waals surface area contributed by atoms with Crippen LogP contribution in [0, 0.1) is 10.1 Å². The maximum Gasteiger partial charge on any atom is 0.273 e. The largest absolute Gasteiger partial charge is 0.496 e. The van der Waals surface area contributed by atoms with Gasteiger partial charge in [-0.15, -0.1) is 11.8 Å². The van der Waals surface area contributed by atoms with Gasteiger partial charge in [-0.05, 0) is 42.7 Å². The van der Waals surface area contributed by atoms with E-state index in [1.807, 2.05) is 30.5 Å². The number of nitro groups is 1. The van der Waals surface area contributed by atoms with Crippen LogP contribution in [0.25, 0.3) is 17.4 Å². The number of hydrogen-bond donors (Lipinski definition) is 0. The first-order valence-electron chi connectivity index (χ1n) is 9.26. The number of anilines is 1. The molecule has 0 spiro atoms. The summed E-state index contributed by atoms with van der Waals surface area (Å²) in [5.74, 6) is 1.02. The second-order valence-electron chi connectivity index (χ2n) is 6.56. The number of nitro benzene ring substituents is 1. The molecule has 1 aliphatic heterocycles. The molecule has 1 amide bonds. The topological polar surface area (TPSA) is 85.8 Å². The zero-order chi connectivity index (χ0) is 22.8. The lowest BCUT2D eigenvalue weighted by atomic mass is 10.1. The van der Waals surface area contributed by atoms with Crippen molar-refractivity contribution in [1.82, 2.24) is 0 Å². The summed E-state index contributed by atoms with van der Waals surface area (Å²) in [5.41, 5.74) is 1.21. The highest BCUT2D eigenvalue weighted by atomic mass is 32.2. The van der Waals surface area contributed by atoms with Crippen LogP contribution >= 0.6 is 35.7 Å². The van der Waals surface area contributed by atoms with E-state index in [0.29, 0.717) is 32.1 Å². The second-order valence-corrected chi connectivity index (χ2v) is 9.12. The summed E-state index contributed by atoms with van der Waals surface area (Å²) < 4.78 is 11.6. The van der Waals surface area contributed by atoms with Gasteiger partial charge in [0.05, 0.1) is 34.3 Å². The Hall–Kier alpha value is -3.08. The van der Waals surface area contributed by atoms with E-state index in [4.69, 9.17) is 21.4 Å². The Balaban J connectivity index is 1.62. The van der Waals surface area contributed by atoms with Crippen molar-refractivity contribution < 1.29 is 18.9 Å². The smallest absolute Gasteiger partial charge is 0.273 e. The number of benzene rings is 2. The van der Waals surface area contributed by atoms with Gasteiger partial charge < -0.3 is 9.15 Å². The summed E-state index contributed by atoms with van der Waals surface area (Å²) in [7, 11) is 1.43. The summed E-state index contributed by atoms with van der Waals surface area (Å²) in [5, 5.41) is 11.0. The first kappa shape index (κ1) is 22.1. The molecule has 0 radical (unpaired) electrons. The molecule has 0 unspecified atom stereocenters. The van der Waals surface area contributed by atoms with Crippen molar-refractivity contribution in [1.29, 1.82) is 0 Å². The van der Waals surface area contributed by atoms with E-state index in [0.717, 1.165) is 10.6 Å². The van der Waals surface area contributed by atoms with Gasteiger partial charge in [-0.3, -0.25) is 19.8 Å². The van der Waals surface area contributed by atoms with Gasteiger partial charge in [0.15, 0.2) is 4.32 Å². The molecule has 1 saturated heterocycles. The average molecular weight is 485 g/mol. The minimum Gasteiger partial charge on any atom is -0.496 e. The third kappa shape index (κ3) is 4.29. The van der Waals surface area contributed by atoms with Gasteiger partial charge in [0.25, 0.3) is 11.6 Å². The number of hydrogen-bond acceptors (Lipinski definition) is 8. The minimum atomic E-state index is -0.489. The highest BCUT2D eigenvalue weighted by Gasteiger charge is 2.33.